The van der Waals surface area contributed by atoms with E-state index >= 15 is 0 Å². The molecular formula is C14H30N4. The predicted octanol–water partition coefficient (Wildman–Crippen LogP) is 1.05. The van der Waals surface area contributed by atoms with E-state index in [9.17, 15) is 0 Å². The third kappa shape index (κ3) is 3.44. The molecule has 106 valence electrons. The van der Waals surface area contributed by atoms with Crippen LogP contribution in [0.5, 0.6) is 0 Å². The minimum Gasteiger partial charge on any atom is -0.296 e. The van der Waals surface area contributed by atoms with E-state index in [1.165, 1.54) is 45.4 Å². The van der Waals surface area contributed by atoms with Gasteiger partial charge in [0.15, 0.2) is 0 Å². The third-order valence-electron chi connectivity index (χ3n) is 4.43. The summed E-state index contributed by atoms with van der Waals surface area (Å²) in [6.07, 6.45) is 4.24. The average Bonchev–Trinajstić information content (AvgIpc) is 2.40. The molecule has 0 aromatic heterocycles. The SMILES string of the molecule is CCCC(C)(C)N1CCN(C2NCCCN2)CC1. The van der Waals surface area contributed by atoms with Gasteiger partial charge in [0.2, 0.25) is 0 Å². The smallest absolute Gasteiger partial charge is 0.114 e. The Hall–Kier alpha value is -0.160. The Labute approximate surface area is 112 Å². The maximum absolute atomic E-state index is 3.56. The van der Waals surface area contributed by atoms with Crippen LogP contribution < -0.4 is 10.6 Å². The van der Waals surface area contributed by atoms with Gasteiger partial charge in [-0.05, 0) is 39.8 Å². The summed E-state index contributed by atoms with van der Waals surface area (Å²) in [4.78, 5) is 5.22. The molecule has 2 aliphatic rings. The molecule has 0 amide bonds. The number of hydrogen-bond donors (Lipinski definition) is 2. The van der Waals surface area contributed by atoms with Crippen LogP contribution in [0, 0.1) is 0 Å². The lowest BCUT2D eigenvalue weighted by atomic mass is 9.95. The summed E-state index contributed by atoms with van der Waals surface area (Å²) in [5.74, 6) is 0. The fraction of sp³-hybridized carbons (Fsp3) is 1.00. The van der Waals surface area contributed by atoms with Gasteiger partial charge in [-0.1, -0.05) is 13.3 Å². The molecule has 0 saturated carbocycles. The zero-order valence-electron chi connectivity index (χ0n) is 12.3. The van der Waals surface area contributed by atoms with Crippen LogP contribution in [-0.4, -0.2) is 60.9 Å². The van der Waals surface area contributed by atoms with E-state index in [1.807, 2.05) is 0 Å². The van der Waals surface area contributed by atoms with Gasteiger partial charge in [-0.15, -0.1) is 0 Å². The molecule has 0 atom stereocenters. The van der Waals surface area contributed by atoms with Crippen molar-refractivity contribution in [1.29, 1.82) is 0 Å². The monoisotopic (exact) mass is 254 g/mol. The summed E-state index contributed by atoms with van der Waals surface area (Å²) in [6.45, 7) is 14.1. The minimum absolute atomic E-state index is 0.369. The molecule has 2 N–H and O–H groups in total. The van der Waals surface area contributed by atoms with Crippen LogP contribution in [0.1, 0.15) is 40.0 Å². The van der Waals surface area contributed by atoms with Crippen molar-refractivity contribution >= 4 is 0 Å². The molecule has 2 aliphatic heterocycles. The fourth-order valence-electron chi connectivity index (χ4n) is 3.25. The van der Waals surface area contributed by atoms with Crippen molar-refractivity contribution in [3.8, 4) is 0 Å². The van der Waals surface area contributed by atoms with Crippen molar-refractivity contribution in [2.75, 3.05) is 39.3 Å². The van der Waals surface area contributed by atoms with E-state index < -0.39 is 0 Å². The second-order valence-electron chi connectivity index (χ2n) is 6.25. The summed E-state index contributed by atoms with van der Waals surface area (Å²) in [6, 6.07) is 0. The molecular weight excluding hydrogens is 224 g/mol. The van der Waals surface area contributed by atoms with Gasteiger partial charge in [0.1, 0.15) is 6.29 Å². The highest BCUT2D eigenvalue weighted by Gasteiger charge is 2.31. The van der Waals surface area contributed by atoms with Crippen LogP contribution in [-0.2, 0) is 0 Å². The number of hydrogen-bond acceptors (Lipinski definition) is 4. The van der Waals surface area contributed by atoms with Crippen molar-refractivity contribution < 1.29 is 0 Å². The first-order valence-electron chi connectivity index (χ1n) is 7.59. The minimum atomic E-state index is 0.369. The molecule has 4 nitrogen and oxygen atoms in total. The second-order valence-corrected chi connectivity index (χ2v) is 6.25. The molecule has 2 heterocycles. The van der Waals surface area contributed by atoms with Gasteiger partial charge < -0.3 is 0 Å². The van der Waals surface area contributed by atoms with Crippen LogP contribution >= 0.6 is 0 Å². The Kier molecular flexibility index (Phi) is 5.01. The van der Waals surface area contributed by atoms with E-state index in [0.717, 1.165) is 13.1 Å². The van der Waals surface area contributed by atoms with Crippen LogP contribution in [0.25, 0.3) is 0 Å². The average molecular weight is 254 g/mol. The first-order valence-corrected chi connectivity index (χ1v) is 7.59. The third-order valence-corrected chi connectivity index (χ3v) is 4.43. The number of nitrogens with zero attached hydrogens (tertiary/aromatic N) is 2. The van der Waals surface area contributed by atoms with Crippen molar-refractivity contribution in [2.45, 2.75) is 51.9 Å². The molecule has 0 bridgehead atoms. The van der Waals surface area contributed by atoms with Gasteiger partial charge in [0, 0.05) is 31.7 Å². The summed E-state index contributed by atoms with van der Waals surface area (Å²) in [5.41, 5.74) is 0.369. The number of nitrogens with one attached hydrogen (secondary N) is 2. The molecule has 0 aromatic carbocycles. The Morgan fingerprint density at radius 2 is 1.67 bits per heavy atom. The first-order chi connectivity index (χ1) is 8.63. The van der Waals surface area contributed by atoms with Crippen molar-refractivity contribution in [1.82, 2.24) is 20.4 Å². The molecule has 2 saturated heterocycles. The molecule has 0 aliphatic carbocycles. The van der Waals surface area contributed by atoms with Gasteiger partial charge in [0.25, 0.3) is 0 Å². The van der Waals surface area contributed by atoms with Crippen LogP contribution in [0.4, 0.5) is 0 Å². The molecule has 0 radical (unpaired) electrons. The van der Waals surface area contributed by atoms with E-state index in [-0.39, 0.29) is 0 Å². The summed E-state index contributed by atoms with van der Waals surface area (Å²) in [7, 11) is 0. The van der Waals surface area contributed by atoms with Gasteiger partial charge in [-0.2, -0.15) is 0 Å². The zero-order chi connectivity index (χ0) is 13.0. The van der Waals surface area contributed by atoms with Gasteiger partial charge in [-0.25, -0.2) is 0 Å². The normalized spacial score (nSPS) is 25.5. The molecule has 4 heteroatoms. The Morgan fingerprint density at radius 3 is 2.22 bits per heavy atom. The maximum atomic E-state index is 3.56. The first kappa shape index (κ1) is 14.3. The quantitative estimate of drug-likeness (QED) is 0.785. The van der Waals surface area contributed by atoms with Gasteiger partial charge in [0.05, 0.1) is 0 Å². The van der Waals surface area contributed by atoms with Crippen LogP contribution in [0.15, 0.2) is 0 Å². The second kappa shape index (κ2) is 6.33. The molecule has 0 unspecified atom stereocenters. The van der Waals surface area contributed by atoms with Crippen molar-refractivity contribution in [3.63, 3.8) is 0 Å². The highest BCUT2D eigenvalue weighted by Crippen LogP contribution is 2.22. The molecule has 18 heavy (non-hydrogen) atoms. The predicted molar refractivity (Wildman–Crippen MR) is 76.5 cm³/mol. The Bertz CT molecular complexity index is 240. The lowest BCUT2D eigenvalue weighted by Gasteiger charge is -2.46. The number of piperazine rings is 1. The molecule has 2 fully saturated rings. The zero-order valence-corrected chi connectivity index (χ0v) is 12.3. The highest BCUT2D eigenvalue weighted by molar-refractivity contribution is 4.87. The summed E-state index contributed by atoms with van der Waals surface area (Å²) in [5, 5.41) is 7.13. The van der Waals surface area contributed by atoms with Crippen LogP contribution in [0.3, 0.4) is 0 Å². The topological polar surface area (TPSA) is 30.5 Å². The van der Waals surface area contributed by atoms with E-state index in [1.54, 1.807) is 0 Å². The Balaban J connectivity index is 1.80. The van der Waals surface area contributed by atoms with Crippen LogP contribution in [0.2, 0.25) is 0 Å². The van der Waals surface area contributed by atoms with Crippen molar-refractivity contribution in [3.05, 3.63) is 0 Å². The standard InChI is InChI=1S/C14H30N4/c1-4-6-14(2,3)18-11-9-17(10-12-18)13-15-7-5-8-16-13/h13,15-16H,4-12H2,1-3H3. The lowest BCUT2D eigenvalue weighted by Crippen LogP contribution is -2.64. The van der Waals surface area contributed by atoms with Crippen molar-refractivity contribution in [2.24, 2.45) is 0 Å². The van der Waals surface area contributed by atoms with E-state index in [0.29, 0.717) is 11.8 Å². The van der Waals surface area contributed by atoms with E-state index in [4.69, 9.17) is 0 Å². The summed E-state index contributed by atoms with van der Waals surface area (Å²) >= 11 is 0. The molecule has 0 spiro atoms. The summed E-state index contributed by atoms with van der Waals surface area (Å²) < 4.78 is 0. The molecule has 2 rings (SSSR count). The lowest BCUT2D eigenvalue weighted by molar-refractivity contribution is 0.0104. The number of rotatable bonds is 4. The van der Waals surface area contributed by atoms with Gasteiger partial charge in [-0.3, -0.25) is 20.4 Å². The molecule has 0 aromatic rings. The highest BCUT2D eigenvalue weighted by atomic mass is 15.4. The maximum Gasteiger partial charge on any atom is 0.114 e. The Morgan fingerprint density at radius 1 is 1.06 bits per heavy atom. The van der Waals surface area contributed by atoms with E-state index in [2.05, 4.69) is 41.2 Å². The fourth-order valence-corrected chi connectivity index (χ4v) is 3.25. The van der Waals surface area contributed by atoms with Gasteiger partial charge >= 0.3 is 0 Å². The largest absolute Gasteiger partial charge is 0.296 e.